The minimum atomic E-state index is -0.339. The highest BCUT2D eigenvalue weighted by Crippen LogP contribution is 2.36. The van der Waals surface area contributed by atoms with Crippen molar-refractivity contribution in [3.63, 3.8) is 0 Å². The standard InChI is InChI=1S/C16H19N5O3S/c22-6-8-24-7-5-17-15(23)13-19-14-12-10-3-1-2-4-11(10)25-16(12)18-9-21(14)20-13/h9,22H,1-8H2,(H,17,23). The Balaban J connectivity index is 1.60. The van der Waals surface area contributed by atoms with Crippen LogP contribution in [-0.4, -0.2) is 57.0 Å². The van der Waals surface area contributed by atoms with E-state index in [1.165, 1.54) is 23.3 Å². The van der Waals surface area contributed by atoms with Crippen LogP contribution in [-0.2, 0) is 17.6 Å². The third-order valence-corrected chi connectivity index (χ3v) is 5.46. The third-order valence-electron chi connectivity index (χ3n) is 4.26. The number of fused-ring (bicyclic) bond motifs is 5. The first-order chi connectivity index (χ1) is 12.3. The van der Waals surface area contributed by atoms with Crippen LogP contribution in [0.1, 0.15) is 33.9 Å². The van der Waals surface area contributed by atoms with Gasteiger partial charge in [0.25, 0.3) is 5.91 Å². The number of aryl methyl sites for hydroxylation is 2. The lowest BCUT2D eigenvalue weighted by atomic mass is 9.97. The molecule has 1 aliphatic rings. The number of hydrogen-bond acceptors (Lipinski definition) is 7. The average Bonchev–Trinajstić information content (AvgIpc) is 3.22. The van der Waals surface area contributed by atoms with Crippen LogP contribution in [0.15, 0.2) is 6.33 Å². The topological polar surface area (TPSA) is 102 Å². The maximum absolute atomic E-state index is 12.2. The van der Waals surface area contributed by atoms with Gasteiger partial charge in [-0.2, -0.15) is 0 Å². The predicted molar refractivity (Wildman–Crippen MR) is 93.0 cm³/mol. The van der Waals surface area contributed by atoms with E-state index in [1.54, 1.807) is 22.2 Å². The van der Waals surface area contributed by atoms with E-state index in [2.05, 4.69) is 20.4 Å². The summed E-state index contributed by atoms with van der Waals surface area (Å²) in [7, 11) is 0. The molecule has 0 fully saturated rings. The van der Waals surface area contributed by atoms with Crippen LogP contribution in [0.3, 0.4) is 0 Å². The Morgan fingerprint density at radius 3 is 3.12 bits per heavy atom. The van der Waals surface area contributed by atoms with Crippen molar-refractivity contribution in [2.24, 2.45) is 0 Å². The zero-order chi connectivity index (χ0) is 17.2. The van der Waals surface area contributed by atoms with Gasteiger partial charge in [-0.15, -0.1) is 16.4 Å². The van der Waals surface area contributed by atoms with Gasteiger partial charge < -0.3 is 15.2 Å². The fraction of sp³-hybridized carbons (Fsp3) is 0.500. The Morgan fingerprint density at radius 1 is 1.36 bits per heavy atom. The lowest BCUT2D eigenvalue weighted by molar-refractivity contribution is 0.0832. The van der Waals surface area contributed by atoms with Gasteiger partial charge >= 0.3 is 0 Å². The molecular weight excluding hydrogens is 342 g/mol. The molecule has 0 aliphatic heterocycles. The maximum atomic E-state index is 12.2. The molecule has 3 heterocycles. The van der Waals surface area contributed by atoms with Crippen molar-refractivity contribution >= 4 is 33.1 Å². The SMILES string of the molecule is O=C(NCCOCCO)c1nc2c3c4c(sc3ncn2n1)CCCC4. The van der Waals surface area contributed by atoms with Gasteiger partial charge in [-0.05, 0) is 31.2 Å². The highest BCUT2D eigenvalue weighted by atomic mass is 32.1. The van der Waals surface area contributed by atoms with E-state index < -0.39 is 0 Å². The molecule has 0 atom stereocenters. The minimum Gasteiger partial charge on any atom is -0.394 e. The van der Waals surface area contributed by atoms with E-state index in [-0.39, 0.29) is 24.9 Å². The van der Waals surface area contributed by atoms with Crippen molar-refractivity contribution in [1.82, 2.24) is 24.9 Å². The van der Waals surface area contributed by atoms with Gasteiger partial charge in [-0.25, -0.2) is 14.5 Å². The Hall–Kier alpha value is -2.10. The molecule has 1 amide bonds. The molecule has 3 aromatic rings. The van der Waals surface area contributed by atoms with Crippen LogP contribution < -0.4 is 5.32 Å². The molecule has 3 aromatic heterocycles. The summed E-state index contributed by atoms with van der Waals surface area (Å²) in [6, 6.07) is 0. The predicted octanol–water partition coefficient (Wildman–Crippen LogP) is 0.956. The summed E-state index contributed by atoms with van der Waals surface area (Å²) >= 11 is 1.72. The first-order valence-corrected chi connectivity index (χ1v) is 9.22. The van der Waals surface area contributed by atoms with Gasteiger partial charge in [-0.1, -0.05) is 0 Å². The summed E-state index contributed by atoms with van der Waals surface area (Å²) in [5, 5.41) is 16.7. The fourth-order valence-corrected chi connectivity index (χ4v) is 4.36. The number of nitrogens with one attached hydrogen (secondary N) is 1. The van der Waals surface area contributed by atoms with Crippen LogP contribution in [0.25, 0.3) is 15.9 Å². The second-order valence-electron chi connectivity index (χ2n) is 5.93. The number of thiophene rings is 1. The number of aromatic nitrogens is 4. The summed E-state index contributed by atoms with van der Waals surface area (Å²) in [5.74, 6) is -0.208. The van der Waals surface area contributed by atoms with Gasteiger partial charge in [0.05, 0.1) is 25.2 Å². The number of hydrogen-bond donors (Lipinski definition) is 2. The number of amides is 1. The molecule has 0 radical (unpaired) electrons. The van der Waals surface area contributed by atoms with Crippen LogP contribution in [0.5, 0.6) is 0 Å². The molecule has 0 spiro atoms. The normalized spacial score (nSPS) is 14.1. The van der Waals surface area contributed by atoms with Crippen molar-refractivity contribution in [2.75, 3.05) is 26.4 Å². The second kappa shape index (κ2) is 7.03. The average molecular weight is 361 g/mol. The van der Waals surface area contributed by atoms with Crippen molar-refractivity contribution in [2.45, 2.75) is 25.7 Å². The van der Waals surface area contributed by atoms with Crippen molar-refractivity contribution in [3.05, 3.63) is 22.6 Å². The Morgan fingerprint density at radius 2 is 2.24 bits per heavy atom. The van der Waals surface area contributed by atoms with E-state index in [1.807, 2.05) is 0 Å². The number of nitrogens with zero attached hydrogens (tertiary/aromatic N) is 4. The zero-order valence-corrected chi connectivity index (χ0v) is 14.5. The number of aliphatic hydroxyl groups excluding tert-OH is 1. The largest absolute Gasteiger partial charge is 0.394 e. The van der Waals surface area contributed by atoms with Gasteiger partial charge in [0, 0.05) is 11.4 Å². The maximum Gasteiger partial charge on any atom is 0.291 e. The second-order valence-corrected chi connectivity index (χ2v) is 7.01. The van der Waals surface area contributed by atoms with Gasteiger partial charge in [0.1, 0.15) is 11.2 Å². The van der Waals surface area contributed by atoms with E-state index in [9.17, 15) is 4.79 Å². The highest BCUT2D eigenvalue weighted by Gasteiger charge is 2.22. The monoisotopic (exact) mass is 361 g/mol. The molecule has 0 aromatic carbocycles. The highest BCUT2D eigenvalue weighted by molar-refractivity contribution is 7.19. The summed E-state index contributed by atoms with van der Waals surface area (Å²) < 4.78 is 6.70. The van der Waals surface area contributed by atoms with Crippen molar-refractivity contribution in [1.29, 1.82) is 0 Å². The van der Waals surface area contributed by atoms with E-state index in [0.717, 1.165) is 23.1 Å². The molecule has 0 saturated carbocycles. The third kappa shape index (κ3) is 3.10. The van der Waals surface area contributed by atoms with E-state index >= 15 is 0 Å². The first kappa shape index (κ1) is 16.4. The molecule has 25 heavy (non-hydrogen) atoms. The Bertz CT molecular complexity index is 919. The van der Waals surface area contributed by atoms with Crippen LogP contribution in [0.4, 0.5) is 0 Å². The number of ether oxygens (including phenoxy) is 1. The van der Waals surface area contributed by atoms with Gasteiger partial charge in [0.2, 0.25) is 5.82 Å². The molecule has 9 heteroatoms. The first-order valence-electron chi connectivity index (χ1n) is 8.40. The summed E-state index contributed by atoms with van der Waals surface area (Å²) in [6.45, 7) is 0.907. The molecule has 132 valence electrons. The number of carbonyl (C=O) groups is 1. The van der Waals surface area contributed by atoms with Crippen LogP contribution >= 0.6 is 11.3 Å². The zero-order valence-electron chi connectivity index (χ0n) is 13.7. The van der Waals surface area contributed by atoms with Gasteiger partial charge in [0.15, 0.2) is 5.65 Å². The Labute approximate surface area is 147 Å². The van der Waals surface area contributed by atoms with Crippen molar-refractivity contribution in [3.8, 4) is 0 Å². The number of aliphatic hydroxyl groups is 1. The number of carbonyl (C=O) groups excluding carboxylic acids is 1. The lowest BCUT2D eigenvalue weighted by Gasteiger charge is -2.09. The molecule has 2 N–H and O–H groups in total. The molecule has 8 nitrogen and oxygen atoms in total. The fourth-order valence-electron chi connectivity index (χ4n) is 3.13. The van der Waals surface area contributed by atoms with E-state index in [0.29, 0.717) is 18.8 Å². The smallest absolute Gasteiger partial charge is 0.291 e. The Kier molecular flexibility index (Phi) is 4.60. The molecule has 1 aliphatic carbocycles. The molecular formula is C16H19N5O3S. The summed E-state index contributed by atoms with van der Waals surface area (Å²) in [5.41, 5.74) is 2.02. The van der Waals surface area contributed by atoms with Crippen LogP contribution in [0.2, 0.25) is 0 Å². The van der Waals surface area contributed by atoms with Crippen molar-refractivity contribution < 1.29 is 14.6 Å². The lowest BCUT2D eigenvalue weighted by Crippen LogP contribution is -2.28. The van der Waals surface area contributed by atoms with E-state index in [4.69, 9.17) is 9.84 Å². The molecule has 0 saturated heterocycles. The summed E-state index contributed by atoms with van der Waals surface area (Å²) in [6.07, 6.45) is 6.14. The number of rotatable bonds is 6. The molecule has 4 rings (SSSR count). The molecule has 0 unspecified atom stereocenters. The van der Waals surface area contributed by atoms with Crippen LogP contribution in [0, 0.1) is 0 Å². The van der Waals surface area contributed by atoms with Gasteiger partial charge in [-0.3, -0.25) is 4.79 Å². The summed E-state index contributed by atoms with van der Waals surface area (Å²) in [4.78, 5) is 23.5. The molecule has 0 bridgehead atoms. The quantitative estimate of drug-likeness (QED) is 0.634. The minimum absolute atomic E-state index is 0.0318.